The number of ether oxygens (including phenoxy) is 10. The summed E-state index contributed by atoms with van der Waals surface area (Å²) in [5, 5.41) is 0. The second-order valence-corrected chi connectivity index (χ2v) is 19.1. The molecule has 0 aromatic carbocycles. The molecule has 1 spiro atoms. The maximum Gasteiger partial charge on any atom is 0.172 e. The fourth-order valence-electron chi connectivity index (χ4n) is 12.1. The molecule has 11 heteroatoms. The first kappa shape index (κ1) is 37.0. The molecule has 11 rings (SSSR count). The van der Waals surface area contributed by atoms with Gasteiger partial charge >= 0.3 is 0 Å². The molecule has 0 N–H and O–H groups in total. The van der Waals surface area contributed by atoms with Gasteiger partial charge in [0, 0.05) is 38.5 Å². The number of carbonyl (C=O) groups is 1. The molecular weight excluding hydrogens is 692 g/mol. The van der Waals surface area contributed by atoms with Gasteiger partial charge in [0.1, 0.15) is 36.3 Å². The maximum atomic E-state index is 14.2. The fourth-order valence-corrected chi connectivity index (χ4v) is 12.1. The van der Waals surface area contributed by atoms with E-state index in [2.05, 4.69) is 27.0 Å². The van der Waals surface area contributed by atoms with E-state index in [0.717, 1.165) is 63.4 Å². The summed E-state index contributed by atoms with van der Waals surface area (Å²) in [5.41, 5.74) is 2.30. The molecule has 0 aromatic rings. The molecule has 0 aliphatic carbocycles. The highest BCUT2D eigenvalue weighted by Crippen LogP contribution is 2.54. The van der Waals surface area contributed by atoms with Gasteiger partial charge in [0.05, 0.1) is 67.6 Å². The van der Waals surface area contributed by atoms with Crippen molar-refractivity contribution in [3.63, 3.8) is 0 Å². The van der Waals surface area contributed by atoms with E-state index >= 15 is 0 Å². The van der Waals surface area contributed by atoms with E-state index in [9.17, 15) is 4.79 Å². The standard InChI is InChI=1S/C43H62O11/c1-21-13-26-7-9-31-22(2)14-28(46-31)11-12-43-19-36-38(53-43)39-40(51-36)41(54-43)37-32(50-39)10-8-27(48-37)15-25(44)16-30-24(4)33(17-29-20-45-42(5,6)52-29)49-35(30)18-34(47-26)23(21)3/h21,24,26-41H,2-3,7-20H2,1,4-6H3/t21-,24-,26+,27-,28+,29+,30-,31+,32+,33-,34-,35+,36-,37+,38+,39+,40?,41?,43+/m1/s1. The minimum absolute atomic E-state index is 0.0131. The summed E-state index contributed by atoms with van der Waals surface area (Å²) in [7, 11) is 0. The lowest BCUT2D eigenvalue weighted by Gasteiger charge is -2.47. The Kier molecular flexibility index (Phi) is 9.57. The highest BCUT2D eigenvalue weighted by atomic mass is 16.8. The van der Waals surface area contributed by atoms with Gasteiger partial charge in [-0.2, -0.15) is 0 Å². The molecule has 0 saturated carbocycles. The Morgan fingerprint density at radius 2 is 1.44 bits per heavy atom. The fraction of sp³-hybridized carbons (Fsp3) is 0.884. The summed E-state index contributed by atoms with van der Waals surface area (Å²) in [4.78, 5) is 14.2. The number of hydrogen-bond acceptors (Lipinski definition) is 11. The van der Waals surface area contributed by atoms with E-state index in [4.69, 9.17) is 47.4 Å². The van der Waals surface area contributed by atoms with E-state index in [-0.39, 0.29) is 109 Å². The van der Waals surface area contributed by atoms with Crippen molar-refractivity contribution < 1.29 is 52.2 Å². The van der Waals surface area contributed by atoms with Crippen LogP contribution in [0, 0.1) is 17.8 Å². The van der Waals surface area contributed by atoms with Crippen LogP contribution in [0.25, 0.3) is 0 Å². The van der Waals surface area contributed by atoms with Gasteiger partial charge in [-0.05, 0) is 87.7 Å². The largest absolute Gasteiger partial charge is 0.374 e. The van der Waals surface area contributed by atoms with E-state index in [1.165, 1.54) is 5.57 Å². The van der Waals surface area contributed by atoms with E-state index in [1.807, 2.05) is 13.8 Å². The summed E-state index contributed by atoms with van der Waals surface area (Å²) < 4.78 is 66.7. The van der Waals surface area contributed by atoms with Gasteiger partial charge in [0.2, 0.25) is 0 Å². The zero-order valence-electron chi connectivity index (χ0n) is 32.7. The van der Waals surface area contributed by atoms with E-state index < -0.39 is 11.6 Å². The van der Waals surface area contributed by atoms with Crippen molar-refractivity contribution in [3.05, 3.63) is 24.3 Å². The molecule has 11 aliphatic rings. The van der Waals surface area contributed by atoms with Crippen LogP contribution in [-0.4, -0.2) is 116 Å². The van der Waals surface area contributed by atoms with Gasteiger partial charge in [-0.15, -0.1) is 0 Å². The summed E-state index contributed by atoms with van der Waals surface area (Å²) in [6, 6.07) is 0. The molecule has 54 heavy (non-hydrogen) atoms. The van der Waals surface area contributed by atoms with Gasteiger partial charge in [-0.3, -0.25) is 4.79 Å². The molecule has 0 aromatic heterocycles. The molecule has 19 atom stereocenters. The highest BCUT2D eigenvalue weighted by molar-refractivity contribution is 5.79. The summed E-state index contributed by atoms with van der Waals surface area (Å²) >= 11 is 0. The lowest BCUT2D eigenvalue weighted by molar-refractivity contribution is -0.292. The molecule has 11 saturated heterocycles. The number of ketones is 1. The molecule has 300 valence electrons. The van der Waals surface area contributed by atoms with Crippen molar-refractivity contribution >= 4 is 5.78 Å². The number of carbonyl (C=O) groups excluding carboxylic acids is 1. The van der Waals surface area contributed by atoms with Crippen molar-refractivity contribution in [3.8, 4) is 0 Å². The average Bonchev–Trinajstić information content (AvgIpc) is 3.87. The Hall–Kier alpha value is -1.25. The Morgan fingerprint density at radius 3 is 2.28 bits per heavy atom. The van der Waals surface area contributed by atoms with E-state index in [0.29, 0.717) is 38.2 Å². The third kappa shape index (κ3) is 6.72. The van der Waals surface area contributed by atoms with Crippen LogP contribution in [0.5, 0.6) is 0 Å². The SMILES string of the molecule is C=C1C[C@@H]2CC[C@@]34C[C@H]5OC6C(O3)[C@H]3O[C@H](CC[C@@H]3O[C@H]6[C@H]5O4)CC(=O)C[C@@H]3[C@@H](C)[C@@H](C[C@H]4COC(C)(C)O4)O[C@H]3C[C@H]3O[C@@H](CC[C@@H]1O2)C[C@@H](C)C3=C. The topological polar surface area (TPSA) is 109 Å². The molecule has 12 bridgehead atoms. The lowest BCUT2D eigenvalue weighted by atomic mass is 9.78. The highest BCUT2D eigenvalue weighted by Gasteiger charge is 2.68. The van der Waals surface area contributed by atoms with Crippen molar-refractivity contribution in [1.82, 2.24) is 0 Å². The number of rotatable bonds is 2. The predicted molar refractivity (Wildman–Crippen MR) is 194 cm³/mol. The summed E-state index contributed by atoms with van der Waals surface area (Å²) in [5.74, 6) is -0.598. The van der Waals surface area contributed by atoms with Crippen LogP contribution in [0.3, 0.4) is 0 Å². The van der Waals surface area contributed by atoms with Gasteiger partial charge in [-0.25, -0.2) is 0 Å². The molecule has 0 amide bonds. The van der Waals surface area contributed by atoms with Crippen LogP contribution < -0.4 is 0 Å². The van der Waals surface area contributed by atoms with E-state index in [1.54, 1.807) is 0 Å². The smallest absolute Gasteiger partial charge is 0.172 e. The first-order valence-electron chi connectivity index (χ1n) is 21.4. The number of Topliss-reactive ketones (excluding diaryl/α,β-unsaturated/α-hetero) is 1. The van der Waals surface area contributed by atoms with Gasteiger partial charge < -0.3 is 47.4 Å². The third-order valence-electron chi connectivity index (χ3n) is 15.0. The van der Waals surface area contributed by atoms with Crippen LogP contribution in [-0.2, 0) is 52.2 Å². The van der Waals surface area contributed by atoms with Crippen LogP contribution in [0.1, 0.15) is 111 Å². The summed E-state index contributed by atoms with van der Waals surface area (Å²) in [6.45, 7) is 18.0. The van der Waals surface area contributed by atoms with Crippen LogP contribution in [0.15, 0.2) is 24.3 Å². The van der Waals surface area contributed by atoms with Crippen LogP contribution in [0.4, 0.5) is 0 Å². The lowest BCUT2D eigenvalue weighted by Crippen LogP contribution is -2.61. The first-order chi connectivity index (χ1) is 25.9. The molecule has 11 fully saturated rings. The Morgan fingerprint density at radius 1 is 0.685 bits per heavy atom. The molecule has 11 nitrogen and oxygen atoms in total. The molecular formula is C43H62O11. The second-order valence-electron chi connectivity index (χ2n) is 19.1. The molecule has 0 radical (unpaired) electrons. The number of hydrogen-bond donors (Lipinski definition) is 0. The van der Waals surface area contributed by atoms with Crippen molar-refractivity contribution in [2.24, 2.45) is 17.8 Å². The van der Waals surface area contributed by atoms with Gasteiger partial charge in [-0.1, -0.05) is 27.0 Å². The summed E-state index contributed by atoms with van der Waals surface area (Å²) in [6.07, 6.45) is 7.95. The zero-order valence-corrected chi connectivity index (χ0v) is 32.7. The van der Waals surface area contributed by atoms with Gasteiger partial charge in [0.25, 0.3) is 0 Å². The minimum Gasteiger partial charge on any atom is -0.374 e. The van der Waals surface area contributed by atoms with Gasteiger partial charge in [0.15, 0.2) is 11.6 Å². The van der Waals surface area contributed by atoms with Crippen LogP contribution in [0.2, 0.25) is 0 Å². The molecule has 11 heterocycles. The predicted octanol–water partition coefficient (Wildman–Crippen LogP) is 5.89. The maximum absolute atomic E-state index is 14.2. The average molecular weight is 755 g/mol. The van der Waals surface area contributed by atoms with Crippen LogP contribution >= 0.6 is 0 Å². The van der Waals surface area contributed by atoms with Crippen molar-refractivity contribution in [2.75, 3.05) is 6.61 Å². The molecule has 11 aliphatic heterocycles. The quantitative estimate of drug-likeness (QED) is 0.315. The Bertz CT molecular complexity index is 1480. The second kappa shape index (κ2) is 13.9. The monoisotopic (exact) mass is 754 g/mol. The van der Waals surface area contributed by atoms with Crippen molar-refractivity contribution in [2.45, 2.75) is 214 Å². The normalized spacial score (nSPS) is 54.1. The Labute approximate surface area is 320 Å². The van der Waals surface area contributed by atoms with Crippen molar-refractivity contribution in [1.29, 1.82) is 0 Å². The minimum atomic E-state index is -0.757. The first-order valence-corrected chi connectivity index (χ1v) is 21.4. The third-order valence-corrected chi connectivity index (χ3v) is 15.0. The Balaban J connectivity index is 0.915. The number of fused-ring (bicyclic) bond motifs is 6. The molecule has 2 unspecified atom stereocenters. The zero-order chi connectivity index (χ0) is 37.1.